The molecule has 1 aromatic rings. The minimum Gasteiger partial charge on any atom is -0.504 e. The number of phenols is 1. The maximum atomic E-state index is 12.0. The summed E-state index contributed by atoms with van der Waals surface area (Å²) in [6, 6.07) is 4.98. The van der Waals surface area contributed by atoms with E-state index in [2.05, 4.69) is 4.90 Å². The third kappa shape index (κ3) is 7.11. The number of rotatable bonds is 7. The molecule has 0 saturated carbocycles. The predicted molar refractivity (Wildman–Crippen MR) is 106 cm³/mol. The Kier molecular flexibility index (Phi) is 9.67. The first-order valence-electron chi connectivity index (χ1n) is 8.75. The quantitative estimate of drug-likeness (QED) is 0.711. The molecule has 1 saturated heterocycles. The average Bonchev–Trinajstić information content (AvgIpc) is 2.65. The zero-order valence-electron chi connectivity index (χ0n) is 15.7. The second-order valence-electron chi connectivity index (χ2n) is 6.01. The number of nitrogens with zero attached hydrogens (tertiary/aromatic N) is 2. The van der Waals surface area contributed by atoms with Gasteiger partial charge in [0.2, 0.25) is 0 Å². The molecule has 0 aromatic heterocycles. The van der Waals surface area contributed by atoms with E-state index < -0.39 is 0 Å². The van der Waals surface area contributed by atoms with Crippen LogP contribution in [0.4, 0.5) is 4.79 Å². The number of ether oxygens (including phenoxy) is 2. The fraction of sp³-hybridized carbons (Fsp3) is 0.474. The monoisotopic (exact) mass is 398 g/mol. The Morgan fingerprint density at radius 2 is 1.93 bits per heavy atom. The lowest BCUT2D eigenvalue weighted by atomic mass is 10.1. The molecule has 0 aliphatic carbocycles. The van der Waals surface area contributed by atoms with Crippen molar-refractivity contribution in [2.45, 2.75) is 13.3 Å². The first kappa shape index (κ1) is 22.8. The Labute approximate surface area is 165 Å². The molecule has 0 spiro atoms. The zero-order valence-corrected chi connectivity index (χ0v) is 16.5. The van der Waals surface area contributed by atoms with Crippen LogP contribution in [0.25, 0.3) is 6.08 Å². The van der Waals surface area contributed by atoms with Gasteiger partial charge in [-0.05, 0) is 30.7 Å². The zero-order chi connectivity index (χ0) is 18.9. The van der Waals surface area contributed by atoms with E-state index in [1.54, 1.807) is 36.1 Å². The van der Waals surface area contributed by atoms with E-state index in [-0.39, 0.29) is 30.0 Å². The van der Waals surface area contributed by atoms with Crippen LogP contribution < -0.4 is 4.74 Å². The van der Waals surface area contributed by atoms with Gasteiger partial charge < -0.3 is 19.5 Å². The van der Waals surface area contributed by atoms with Crippen LogP contribution >= 0.6 is 12.4 Å². The molecule has 1 fully saturated rings. The summed E-state index contributed by atoms with van der Waals surface area (Å²) in [5.41, 5.74) is 0.736. The van der Waals surface area contributed by atoms with Gasteiger partial charge in [-0.15, -0.1) is 12.4 Å². The molecular formula is C19H27ClN2O5. The standard InChI is InChI=1S/C19H26N2O5.ClH/c1-3-26-19(24)21-12-10-20(11-13-21)9-8-16(22)6-4-15-5-7-18(25-2)17(23)14-15;/h4-7,14,23H,3,8-13H2,1-2H3;1H. The average molecular weight is 399 g/mol. The van der Waals surface area contributed by atoms with Gasteiger partial charge in [0, 0.05) is 39.1 Å². The van der Waals surface area contributed by atoms with Gasteiger partial charge in [0.25, 0.3) is 0 Å². The highest BCUT2D eigenvalue weighted by atomic mass is 35.5. The Bertz CT molecular complexity index is 658. The third-order valence-electron chi connectivity index (χ3n) is 4.24. The molecule has 0 atom stereocenters. The third-order valence-corrected chi connectivity index (χ3v) is 4.24. The van der Waals surface area contributed by atoms with Crippen molar-refractivity contribution in [1.82, 2.24) is 9.80 Å². The number of phenolic OH excluding ortho intramolecular Hbond substituents is 1. The maximum Gasteiger partial charge on any atom is 0.409 e. The fourth-order valence-corrected chi connectivity index (χ4v) is 2.72. The van der Waals surface area contributed by atoms with Crippen LogP contribution in [0.2, 0.25) is 0 Å². The van der Waals surface area contributed by atoms with Gasteiger partial charge in [0.05, 0.1) is 13.7 Å². The van der Waals surface area contributed by atoms with Gasteiger partial charge in [-0.2, -0.15) is 0 Å². The summed E-state index contributed by atoms with van der Waals surface area (Å²) < 4.78 is 9.98. The molecule has 1 N–H and O–H groups in total. The number of carbonyl (C=O) groups excluding carboxylic acids is 2. The smallest absolute Gasteiger partial charge is 0.409 e. The largest absolute Gasteiger partial charge is 0.504 e. The normalized spacial score (nSPS) is 14.7. The number of methoxy groups -OCH3 is 1. The van der Waals surface area contributed by atoms with E-state index in [1.807, 2.05) is 0 Å². The van der Waals surface area contributed by atoms with E-state index in [0.717, 1.165) is 18.7 Å². The van der Waals surface area contributed by atoms with Crippen molar-refractivity contribution in [3.8, 4) is 11.5 Å². The van der Waals surface area contributed by atoms with Gasteiger partial charge >= 0.3 is 6.09 Å². The number of benzene rings is 1. The molecule has 1 heterocycles. The fourth-order valence-electron chi connectivity index (χ4n) is 2.72. The van der Waals surface area contributed by atoms with E-state index >= 15 is 0 Å². The van der Waals surface area contributed by atoms with Crippen molar-refractivity contribution >= 4 is 30.4 Å². The van der Waals surface area contributed by atoms with Crippen LogP contribution in [0.3, 0.4) is 0 Å². The molecule has 1 aliphatic heterocycles. The summed E-state index contributed by atoms with van der Waals surface area (Å²) >= 11 is 0. The molecule has 2 rings (SSSR count). The predicted octanol–water partition coefficient (Wildman–Crippen LogP) is 2.57. The Morgan fingerprint density at radius 1 is 1.22 bits per heavy atom. The lowest BCUT2D eigenvalue weighted by molar-refractivity contribution is -0.115. The second kappa shape index (κ2) is 11.5. The molecular weight excluding hydrogens is 372 g/mol. The van der Waals surface area contributed by atoms with Gasteiger partial charge in [-0.1, -0.05) is 12.1 Å². The molecule has 0 radical (unpaired) electrons. The summed E-state index contributed by atoms with van der Waals surface area (Å²) in [6.07, 6.45) is 3.35. The number of piperazine rings is 1. The van der Waals surface area contributed by atoms with Crippen LogP contribution in [0.5, 0.6) is 11.5 Å². The number of allylic oxidation sites excluding steroid dienone is 1. The number of carbonyl (C=O) groups is 2. The lowest BCUT2D eigenvalue weighted by Crippen LogP contribution is -2.49. The maximum absolute atomic E-state index is 12.0. The molecule has 0 unspecified atom stereocenters. The van der Waals surface area contributed by atoms with Crippen molar-refractivity contribution in [1.29, 1.82) is 0 Å². The molecule has 8 heteroatoms. The summed E-state index contributed by atoms with van der Waals surface area (Å²) in [4.78, 5) is 27.6. The molecule has 150 valence electrons. The molecule has 0 bridgehead atoms. The van der Waals surface area contributed by atoms with Crippen molar-refractivity contribution in [3.63, 3.8) is 0 Å². The number of aromatic hydroxyl groups is 1. The van der Waals surface area contributed by atoms with Crippen LogP contribution in [0.1, 0.15) is 18.9 Å². The van der Waals surface area contributed by atoms with Gasteiger partial charge in [0.15, 0.2) is 17.3 Å². The SMILES string of the molecule is CCOC(=O)N1CCN(CCC(=O)C=Cc2ccc(OC)c(O)c2)CC1.Cl. The highest BCUT2D eigenvalue weighted by Gasteiger charge is 2.21. The van der Waals surface area contributed by atoms with Crippen LogP contribution in [-0.4, -0.2) is 73.2 Å². The first-order chi connectivity index (χ1) is 12.5. The number of halogens is 1. The van der Waals surface area contributed by atoms with Gasteiger partial charge in [0.1, 0.15) is 0 Å². The van der Waals surface area contributed by atoms with E-state index in [4.69, 9.17) is 9.47 Å². The highest BCUT2D eigenvalue weighted by molar-refractivity contribution is 5.93. The van der Waals surface area contributed by atoms with Crippen LogP contribution in [0.15, 0.2) is 24.3 Å². The Balaban J connectivity index is 0.00000364. The number of amides is 1. The van der Waals surface area contributed by atoms with Crippen molar-refractivity contribution in [2.75, 3.05) is 46.4 Å². The second-order valence-corrected chi connectivity index (χ2v) is 6.01. The molecule has 1 amide bonds. The summed E-state index contributed by atoms with van der Waals surface area (Å²) in [6.45, 7) is 5.55. The minimum atomic E-state index is -0.270. The molecule has 1 aromatic carbocycles. The van der Waals surface area contributed by atoms with E-state index in [1.165, 1.54) is 13.2 Å². The number of hydrogen-bond donors (Lipinski definition) is 1. The summed E-state index contributed by atoms with van der Waals surface area (Å²) in [5, 5.41) is 9.74. The number of hydrogen-bond acceptors (Lipinski definition) is 6. The van der Waals surface area contributed by atoms with Crippen molar-refractivity contribution < 1.29 is 24.2 Å². The molecule has 27 heavy (non-hydrogen) atoms. The Morgan fingerprint density at radius 3 is 2.52 bits per heavy atom. The molecule has 7 nitrogen and oxygen atoms in total. The van der Waals surface area contributed by atoms with Crippen LogP contribution in [0, 0.1) is 0 Å². The first-order valence-corrected chi connectivity index (χ1v) is 8.75. The van der Waals surface area contributed by atoms with E-state index in [0.29, 0.717) is 38.4 Å². The summed E-state index contributed by atoms with van der Waals surface area (Å²) in [5.74, 6) is 0.463. The Hall–Kier alpha value is -2.25. The number of ketones is 1. The van der Waals surface area contributed by atoms with Gasteiger partial charge in [-0.25, -0.2) is 4.79 Å². The van der Waals surface area contributed by atoms with Crippen molar-refractivity contribution in [2.24, 2.45) is 0 Å². The highest BCUT2D eigenvalue weighted by Crippen LogP contribution is 2.26. The molecule has 1 aliphatic rings. The topological polar surface area (TPSA) is 79.3 Å². The summed E-state index contributed by atoms with van der Waals surface area (Å²) in [7, 11) is 1.49. The lowest BCUT2D eigenvalue weighted by Gasteiger charge is -2.33. The van der Waals surface area contributed by atoms with Crippen molar-refractivity contribution in [3.05, 3.63) is 29.8 Å². The minimum absolute atomic E-state index is 0. The van der Waals surface area contributed by atoms with Gasteiger partial charge in [-0.3, -0.25) is 9.69 Å². The van der Waals surface area contributed by atoms with E-state index in [9.17, 15) is 14.7 Å². The van der Waals surface area contributed by atoms with Crippen LogP contribution in [-0.2, 0) is 9.53 Å².